The SMILES string of the molecule is CC(=O)OCC1O[C@H](SC(C)=O)C(OC(C)=O)[C@@H](n2cc(-c3cc(F)c(F)c(F)c3)nn2)[C@H]1OC(C)=O. The number of carbonyl (C=O) groups excluding carboxylic acids is 4. The Balaban J connectivity index is 2.12. The minimum atomic E-state index is -1.66. The second kappa shape index (κ2) is 11.7. The Morgan fingerprint density at radius 3 is 2.11 bits per heavy atom. The first-order valence-electron chi connectivity index (χ1n) is 10.7. The summed E-state index contributed by atoms with van der Waals surface area (Å²) in [5.41, 5.74) is -1.42. The largest absolute Gasteiger partial charge is 0.463 e. The number of rotatable bonds is 7. The van der Waals surface area contributed by atoms with E-state index in [0.29, 0.717) is 23.9 Å². The van der Waals surface area contributed by atoms with Gasteiger partial charge in [-0.15, -0.1) is 5.10 Å². The first-order chi connectivity index (χ1) is 17.4. The van der Waals surface area contributed by atoms with Crippen molar-refractivity contribution in [2.24, 2.45) is 0 Å². The highest BCUT2D eigenvalue weighted by Crippen LogP contribution is 2.39. The molecule has 15 heteroatoms. The number of thioether (sulfide) groups is 1. The van der Waals surface area contributed by atoms with Crippen molar-refractivity contribution in [2.75, 3.05) is 6.61 Å². The van der Waals surface area contributed by atoms with Gasteiger partial charge in [-0.25, -0.2) is 17.9 Å². The van der Waals surface area contributed by atoms with Crippen LogP contribution in [0.3, 0.4) is 0 Å². The summed E-state index contributed by atoms with van der Waals surface area (Å²) in [6, 6.07) is 0.221. The molecular formula is C22H22F3N3O8S. The van der Waals surface area contributed by atoms with E-state index in [0.717, 1.165) is 25.5 Å². The van der Waals surface area contributed by atoms with Crippen LogP contribution in [0, 0.1) is 17.5 Å². The maximum atomic E-state index is 13.8. The van der Waals surface area contributed by atoms with Gasteiger partial charge in [0.05, 0.1) is 6.20 Å². The van der Waals surface area contributed by atoms with E-state index in [-0.39, 0.29) is 11.3 Å². The van der Waals surface area contributed by atoms with Crippen LogP contribution in [0.4, 0.5) is 13.2 Å². The average molecular weight is 545 g/mol. The summed E-state index contributed by atoms with van der Waals surface area (Å²) < 4.78 is 63.9. The highest BCUT2D eigenvalue weighted by Gasteiger charge is 2.52. The van der Waals surface area contributed by atoms with Crippen LogP contribution in [0.5, 0.6) is 0 Å². The maximum Gasteiger partial charge on any atom is 0.303 e. The minimum absolute atomic E-state index is 0.0975. The predicted molar refractivity (Wildman–Crippen MR) is 119 cm³/mol. The third-order valence-corrected chi connectivity index (χ3v) is 5.99. The summed E-state index contributed by atoms with van der Waals surface area (Å²) in [6.07, 6.45) is -2.52. The van der Waals surface area contributed by atoms with E-state index in [9.17, 15) is 32.3 Å². The van der Waals surface area contributed by atoms with E-state index in [2.05, 4.69) is 10.3 Å². The molecule has 0 aliphatic carbocycles. The van der Waals surface area contributed by atoms with E-state index in [4.69, 9.17) is 18.9 Å². The Morgan fingerprint density at radius 1 is 0.973 bits per heavy atom. The number of nitrogens with zero attached hydrogens (tertiary/aromatic N) is 3. The number of aromatic nitrogens is 3. The molecule has 1 fully saturated rings. The molecule has 3 rings (SSSR count). The number of ether oxygens (including phenoxy) is 4. The van der Waals surface area contributed by atoms with Gasteiger partial charge in [-0.2, -0.15) is 0 Å². The third kappa shape index (κ3) is 6.85. The molecule has 2 aromatic rings. The molecule has 1 aliphatic heterocycles. The van der Waals surface area contributed by atoms with Crippen LogP contribution in [0.1, 0.15) is 33.7 Å². The lowest BCUT2D eigenvalue weighted by Gasteiger charge is -2.44. The molecule has 1 saturated heterocycles. The molecule has 2 heterocycles. The van der Waals surface area contributed by atoms with E-state index < -0.39 is 76.9 Å². The fraction of sp³-hybridized carbons (Fsp3) is 0.455. The summed E-state index contributed by atoms with van der Waals surface area (Å²) in [5, 5.41) is 7.40. The molecule has 200 valence electrons. The van der Waals surface area contributed by atoms with Gasteiger partial charge in [0.2, 0.25) is 0 Å². The van der Waals surface area contributed by atoms with Gasteiger partial charge in [-0.05, 0) is 12.1 Å². The van der Waals surface area contributed by atoms with Crippen LogP contribution in [-0.4, -0.2) is 68.4 Å². The highest BCUT2D eigenvalue weighted by molar-refractivity contribution is 8.14. The smallest absolute Gasteiger partial charge is 0.303 e. The second-order valence-corrected chi connectivity index (χ2v) is 9.21. The molecule has 37 heavy (non-hydrogen) atoms. The third-order valence-electron chi connectivity index (χ3n) is 5.05. The highest BCUT2D eigenvalue weighted by atomic mass is 32.2. The van der Waals surface area contributed by atoms with Gasteiger partial charge in [-0.3, -0.25) is 19.2 Å². The van der Waals surface area contributed by atoms with Crippen LogP contribution in [-0.2, 0) is 38.1 Å². The topological polar surface area (TPSA) is 136 Å². The van der Waals surface area contributed by atoms with Crippen molar-refractivity contribution in [1.29, 1.82) is 0 Å². The zero-order valence-corrected chi connectivity index (χ0v) is 20.8. The zero-order valence-electron chi connectivity index (χ0n) is 20.0. The summed E-state index contributed by atoms with van der Waals surface area (Å²) >= 11 is 0.670. The van der Waals surface area contributed by atoms with Crippen molar-refractivity contribution in [3.05, 3.63) is 35.8 Å². The first kappa shape index (κ1) is 28.1. The Bertz CT molecular complexity index is 1190. The maximum absolute atomic E-state index is 13.8. The molecule has 1 aromatic carbocycles. The van der Waals surface area contributed by atoms with Gasteiger partial charge in [0.1, 0.15) is 29.9 Å². The molecule has 0 N–H and O–H groups in total. The Hall–Kier alpha value is -3.46. The second-order valence-electron chi connectivity index (χ2n) is 7.93. The number of benzene rings is 1. The fourth-order valence-corrected chi connectivity index (χ4v) is 4.58. The van der Waals surface area contributed by atoms with E-state index in [1.807, 2.05) is 0 Å². The lowest BCUT2D eigenvalue weighted by Crippen LogP contribution is -2.58. The van der Waals surface area contributed by atoms with Crippen molar-refractivity contribution < 1.29 is 51.3 Å². The zero-order chi connectivity index (χ0) is 27.4. The molecule has 0 saturated carbocycles. The molecule has 1 aromatic heterocycles. The Morgan fingerprint density at radius 2 is 1.57 bits per heavy atom. The van der Waals surface area contributed by atoms with Gasteiger partial charge in [0, 0.05) is 33.3 Å². The number of carbonyl (C=O) groups is 4. The quantitative estimate of drug-likeness (QED) is 0.288. The van der Waals surface area contributed by atoms with E-state index in [1.54, 1.807) is 0 Å². The molecular weight excluding hydrogens is 523 g/mol. The number of hydrogen-bond acceptors (Lipinski definition) is 11. The molecule has 0 spiro atoms. The number of hydrogen-bond donors (Lipinski definition) is 0. The van der Waals surface area contributed by atoms with Crippen molar-refractivity contribution in [3.63, 3.8) is 0 Å². The van der Waals surface area contributed by atoms with E-state index >= 15 is 0 Å². The van der Waals surface area contributed by atoms with Crippen molar-refractivity contribution in [3.8, 4) is 11.3 Å². The molecule has 0 radical (unpaired) electrons. The summed E-state index contributed by atoms with van der Waals surface area (Å²) in [7, 11) is 0. The van der Waals surface area contributed by atoms with Gasteiger partial charge in [0.15, 0.2) is 34.8 Å². The van der Waals surface area contributed by atoms with Crippen molar-refractivity contribution in [1.82, 2.24) is 15.0 Å². The van der Waals surface area contributed by atoms with Gasteiger partial charge in [-0.1, -0.05) is 17.0 Å². The van der Waals surface area contributed by atoms with Gasteiger partial charge in [0.25, 0.3) is 0 Å². The van der Waals surface area contributed by atoms with Crippen LogP contribution in [0.2, 0.25) is 0 Å². The van der Waals surface area contributed by atoms with Gasteiger partial charge < -0.3 is 18.9 Å². The Labute approximate surface area is 212 Å². The standard InChI is InChI=1S/C22H22F3N3O8S/c1-9(29)33-8-17-20(34-10(2)30)19(21(35-11(3)31)22(36-17)37-12(4)32)28-7-16(26-27-28)13-5-14(23)18(25)15(24)6-13/h5-7,17,19-22H,8H2,1-4H3/t17?,19-,20-,21?,22+/m0/s1. The lowest BCUT2D eigenvalue weighted by molar-refractivity contribution is -0.212. The summed E-state index contributed by atoms with van der Waals surface area (Å²) in [6.45, 7) is 4.21. The van der Waals surface area contributed by atoms with Crippen molar-refractivity contribution in [2.45, 2.75) is 57.5 Å². The monoisotopic (exact) mass is 545 g/mol. The summed E-state index contributed by atoms with van der Waals surface area (Å²) in [5.74, 6) is -6.77. The van der Waals surface area contributed by atoms with Crippen LogP contribution in [0.25, 0.3) is 11.3 Å². The number of halogens is 3. The molecule has 0 bridgehead atoms. The van der Waals surface area contributed by atoms with Crippen LogP contribution >= 0.6 is 11.8 Å². The van der Waals surface area contributed by atoms with Crippen LogP contribution < -0.4 is 0 Å². The molecule has 5 atom stereocenters. The molecule has 2 unspecified atom stereocenters. The lowest BCUT2D eigenvalue weighted by atomic mass is 9.96. The molecule has 1 aliphatic rings. The minimum Gasteiger partial charge on any atom is -0.463 e. The normalized spacial score (nSPS) is 23.3. The van der Waals surface area contributed by atoms with Crippen molar-refractivity contribution >= 4 is 34.8 Å². The molecule has 0 amide bonds. The van der Waals surface area contributed by atoms with E-state index in [1.165, 1.54) is 13.1 Å². The Kier molecular flexibility index (Phi) is 8.91. The van der Waals surface area contributed by atoms with Crippen LogP contribution in [0.15, 0.2) is 18.3 Å². The summed E-state index contributed by atoms with van der Waals surface area (Å²) in [4.78, 5) is 47.3. The first-order valence-corrected chi connectivity index (χ1v) is 11.6. The number of esters is 3. The predicted octanol–water partition coefficient (Wildman–Crippen LogP) is 2.33. The fourth-order valence-electron chi connectivity index (χ4n) is 3.70. The van der Waals surface area contributed by atoms with Gasteiger partial charge >= 0.3 is 17.9 Å². The molecule has 11 nitrogen and oxygen atoms in total. The average Bonchev–Trinajstić information content (AvgIpc) is 3.26.